The van der Waals surface area contributed by atoms with Crippen molar-refractivity contribution >= 4 is 62.0 Å². The van der Waals surface area contributed by atoms with Gasteiger partial charge in [0, 0.05) is 30.2 Å². The fourth-order valence-corrected chi connectivity index (χ4v) is 14.5. The first-order chi connectivity index (χ1) is 36.4. The lowest BCUT2D eigenvalue weighted by Crippen LogP contribution is -2.70. The number of nitrogens with one attached hydrogen (secondary N) is 2. The second kappa shape index (κ2) is 43.4. The maximum Gasteiger partial charge on any atom is 0.496 e. The molecule has 1 heterocycles. The maximum absolute atomic E-state index is 14.3. The molecule has 458 valence electrons. The summed E-state index contributed by atoms with van der Waals surface area (Å²) in [4.78, 5) is 149. The van der Waals surface area contributed by atoms with E-state index < -0.39 is 94.5 Å². The number of carbonyl (C=O) groups excluding carboxylic acids is 3. The van der Waals surface area contributed by atoms with E-state index in [2.05, 4.69) is 49.7 Å². The SMILES string of the molecule is CCCCCCCC[Si](O)(O)OCN.CCCCCCCC[Si](O)(O)OCNC(=O)N(CO[Si](O)(O)CCCCCCCC)C1(CO[Si](O)(O)CCCCCCCC)C(=O)NC(=O)N1CO[Si](O)(O)CCCCCCCC. The maximum atomic E-state index is 14.3. The lowest BCUT2D eigenvalue weighted by atomic mass is 10.1. The van der Waals surface area contributed by atoms with Gasteiger partial charge in [0.1, 0.15) is 20.2 Å². The van der Waals surface area contributed by atoms with Crippen molar-refractivity contribution < 1.29 is 84.5 Å². The van der Waals surface area contributed by atoms with Crippen LogP contribution in [0.2, 0.25) is 30.2 Å². The Bertz CT molecular complexity index is 1520. The molecule has 5 amide bonds. The molecule has 0 aliphatic carbocycles. The topological polar surface area (TPSA) is 356 Å². The van der Waals surface area contributed by atoms with Gasteiger partial charge in [0.05, 0.1) is 13.3 Å². The highest BCUT2D eigenvalue weighted by molar-refractivity contribution is 6.59. The highest BCUT2D eigenvalue weighted by Gasteiger charge is 2.61. The van der Waals surface area contributed by atoms with E-state index in [1.54, 1.807) is 0 Å². The fraction of sp³-hybridized carbons (Fsp3) is 0.939. The zero-order valence-electron chi connectivity index (χ0n) is 48.0. The van der Waals surface area contributed by atoms with Gasteiger partial charge in [-0.05, 0) is 32.1 Å². The summed E-state index contributed by atoms with van der Waals surface area (Å²) in [5, 5.41) is 4.42. The third-order valence-electron chi connectivity index (χ3n) is 13.4. The molecule has 1 saturated heterocycles. The molecule has 14 N–H and O–H groups in total. The summed E-state index contributed by atoms with van der Waals surface area (Å²) >= 11 is 0. The average Bonchev–Trinajstić information content (AvgIpc) is 3.60. The number of carbonyl (C=O) groups is 3. The predicted molar refractivity (Wildman–Crippen MR) is 304 cm³/mol. The highest BCUT2D eigenvalue weighted by atomic mass is 28.4. The van der Waals surface area contributed by atoms with Crippen molar-refractivity contribution in [1.82, 2.24) is 20.4 Å². The second-order valence-corrected chi connectivity index (χ2v) is 32.0. The summed E-state index contributed by atoms with van der Waals surface area (Å²) in [5.74, 6) is -1.23. The Morgan fingerprint density at radius 3 is 1.16 bits per heavy atom. The molecule has 0 bridgehead atoms. The van der Waals surface area contributed by atoms with E-state index in [1.165, 1.54) is 25.7 Å². The van der Waals surface area contributed by atoms with Crippen LogP contribution in [0.1, 0.15) is 227 Å². The van der Waals surface area contributed by atoms with E-state index in [0.29, 0.717) is 60.8 Å². The fourth-order valence-electron chi connectivity index (χ4n) is 8.58. The molecule has 77 heavy (non-hydrogen) atoms. The molecule has 1 atom stereocenters. The Morgan fingerprint density at radius 2 is 0.792 bits per heavy atom. The van der Waals surface area contributed by atoms with Gasteiger partial charge in [0.25, 0.3) is 5.91 Å². The molecule has 1 fully saturated rings. The number of hydrogen-bond acceptors (Lipinski definition) is 19. The largest absolute Gasteiger partial charge is 0.496 e. The standard InChI is InChI=1S/C40H86N4O15Si4.C9H23NO3Si/c1-5-9-13-17-21-25-29-60(48,49)56-33-40(37(45)42-39(47)44(40)36-59-63(54,55)32-28-24-20-16-12-8-4)43(35-58-62(52,53)31-27-23-19-15-11-7-3)38(46)41-34-57-61(50,51)30-26-22-18-14-10-6-2;1-2-3-4-5-6-7-8-14(11,12)13-9-10/h48-55H,5-36H2,1-4H3,(H,41,46)(H,42,45,47);11-12H,2-10H2,1H3. The number of urea groups is 2. The highest BCUT2D eigenvalue weighted by Crippen LogP contribution is 2.31. The van der Waals surface area contributed by atoms with Crippen LogP contribution in [0.25, 0.3) is 0 Å². The average molecular weight is 1200 g/mol. The first kappa shape index (κ1) is 75.7. The summed E-state index contributed by atoms with van der Waals surface area (Å²) in [5.41, 5.74) is 2.38. The van der Waals surface area contributed by atoms with Gasteiger partial charge in [-0.3, -0.25) is 19.9 Å². The normalized spacial score (nSPS) is 15.5. The van der Waals surface area contributed by atoms with Crippen LogP contribution in [0.3, 0.4) is 0 Å². The van der Waals surface area contributed by atoms with Gasteiger partial charge >= 0.3 is 56.1 Å². The molecule has 0 aromatic heterocycles. The van der Waals surface area contributed by atoms with Crippen LogP contribution >= 0.6 is 0 Å². The summed E-state index contributed by atoms with van der Waals surface area (Å²) in [6.07, 6.45) is 26.9. The van der Waals surface area contributed by atoms with Crippen molar-refractivity contribution in [1.29, 1.82) is 0 Å². The van der Waals surface area contributed by atoms with E-state index >= 15 is 0 Å². The minimum absolute atomic E-state index is 0.0474. The van der Waals surface area contributed by atoms with E-state index in [-0.39, 0.29) is 30.9 Å². The monoisotopic (exact) mass is 1200 g/mol. The summed E-state index contributed by atoms with van der Waals surface area (Å²) in [6.45, 7) is 6.48. The molecule has 0 aromatic rings. The summed E-state index contributed by atoms with van der Waals surface area (Å²) in [7, 11) is -21.4. The molecule has 1 aliphatic rings. The molecule has 0 aromatic carbocycles. The van der Waals surface area contributed by atoms with Crippen molar-refractivity contribution in [3.63, 3.8) is 0 Å². The van der Waals surface area contributed by atoms with Gasteiger partial charge < -0.3 is 81.1 Å². The second-order valence-electron chi connectivity index (χ2n) is 20.7. The predicted octanol–water partition coefficient (Wildman–Crippen LogP) is 6.52. The van der Waals surface area contributed by atoms with Crippen LogP contribution in [0.15, 0.2) is 0 Å². The molecule has 0 radical (unpaired) electrons. The first-order valence-electron chi connectivity index (χ1n) is 29.3. The summed E-state index contributed by atoms with van der Waals surface area (Å²) in [6, 6.07) is -2.56. The molecular weight excluding hydrogens is 1090 g/mol. The van der Waals surface area contributed by atoms with E-state index in [0.717, 1.165) is 122 Å². The Kier molecular flexibility index (Phi) is 42.6. The van der Waals surface area contributed by atoms with Gasteiger partial charge in [-0.25, -0.2) is 9.59 Å². The molecule has 0 spiro atoms. The quantitative estimate of drug-likeness (QED) is 0.0133. The molecular formula is C49H109N5O18Si5. The first-order valence-corrected chi connectivity index (χ1v) is 39.3. The summed E-state index contributed by atoms with van der Waals surface area (Å²) < 4.78 is 26.8. The van der Waals surface area contributed by atoms with Crippen molar-refractivity contribution in [3.8, 4) is 0 Å². The Hall–Kier alpha value is -1.35. The van der Waals surface area contributed by atoms with E-state index in [4.69, 9.17) is 23.4 Å². The van der Waals surface area contributed by atoms with Crippen molar-refractivity contribution in [2.75, 3.05) is 33.5 Å². The zero-order chi connectivity index (χ0) is 58.1. The van der Waals surface area contributed by atoms with Crippen LogP contribution in [0, 0.1) is 0 Å². The zero-order valence-corrected chi connectivity index (χ0v) is 53.0. The number of amides is 5. The number of unbranched alkanes of at least 4 members (excludes halogenated alkanes) is 25. The minimum Gasteiger partial charge on any atom is -0.390 e. The van der Waals surface area contributed by atoms with Crippen molar-refractivity contribution in [2.24, 2.45) is 5.73 Å². The van der Waals surface area contributed by atoms with Crippen LogP contribution < -0.4 is 16.4 Å². The van der Waals surface area contributed by atoms with Crippen LogP contribution in [0.4, 0.5) is 9.59 Å². The Balaban J connectivity index is 0.00000358. The Labute approximate surface area is 467 Å². The Morgan fingerprint density at radius 1 is 0.481 bits per heavy atom. The number of hydrogen-bond donors (Lipinski definition) is 13. The number of rotatable bonds is 50. The van der Waals surface area contributed by atoms with Crippen LogP contribution in [-0.4, -0.2) is 159 Å². The molecule has 1 unspecified atom stereocenters. The van der Waals surface area contributed by atoms with Gasteiger partial charge in [0.2, 0.25) is 5.66 Å². The molecule has 28 heteroatoms. The van der Waals surface area contributed by atoms with Crippen molar-refractivity contribution in [2.45, 2.75) is 263 Å². The van der Waals surface area contributed by atoms with Crippen molar-refractivity contribution in [3.05, 3.63) is 0 Å². The number of nitrogens with zero attached hydrogens (tertiary/aromatic N) is 2. The lowest BCUT2D eigenvalue weighted by molar-refractivity contribution is -0.148. The van der Waals surface area contributed by atoms with Crippen LogP contribution in [-0.2, 0) is 26.9 Å². The van der Waals surface area contributed by atoms with E-state index in [1.807, 2.05) is 0 Å². The smallest absolute Gasteiger partial charge is 0.390 e. The van der Waals surface area contributed by atoms with Gasteiger partial charge in [-0.15, -0.1) is 0 Å². The number of nitrogens with two attached hydrogens (primary N) is 1. The molecule has 23 nitrogen and oxygen atoms in total. The minimum atomic E-state index is -4.63. The van der Waals surface area contributed by atoms with E-state index in [9.17, 15) is 62.3 Å². The molecule has 0 saturated carbocycles. The van der Waals surface area contributed by atoms with Gasteiger partial charge in [-0.1, -0.05) is 195 Å². The van der Waals surface area contributed by atoms with Crippen LogP contribution in [0.5, 0.6) is 0 Å². The lowest BCUT2D eigenvalue weighted by Gasteiger charge is -2.44. The number of imide groups is 1. The van der Waals surface area contributed by atoms with Gasteiger partial charge in [-0.2, -0.15) is 0 Å². The molecule has 1 rings (SSSR count). The third-order valence-corrected chi connectivity index (χ3v) is 21.5. The van der Waals surface area contributed by atoms with Gasteiger partial charge in [0.15, 0.2) is 0 Å². The molecule has 1 aliphatic heterocycles. The third kappa shape index (κ3) is 36.7.